The van der Waals surface area contributed by atoms with Gasteiger partial charge >= 0.3 is 17.8 Å². The van der Waals surface area contributed by atoms with E-state index < -0.39 is 47.3 Å². The van der Waals surface area contributed by atoms with Gasteiger partial charge in [0.1, 0.15) is 24.2 Å². The van der Waals surface area contributed by atoms with Crippen molar-refractivity contribution in [1.82, 2.24) is 15.5 Å². The maximum absolute atomic E-state index is 13.0. The van der Waals surface area contributed by atoms with Crippen LogP contribution in [0.25, 0.3) is 0 Å². The topological polar surface area (TPSA) is 131 Å². The molecule has 33 heavy (non-hydrogen) atoms. The minimum absolute atomic E-state index is 0.171. The van der Waals surface area contributed by atoms with Crippen molar-refractivity contribution in [2.45, 2.75) is 57.7 Å². The number of likely N-dealkylation sites (tertiary alicyclic amines) is 1. The predicted molar refractivity (Wildman–Crippen MR) is 118 cm³/mol. The molecule has 2 atom stereocenters. The Labute approximate surface area is 193 Å². The summed E-state index contributed by atoms with van der Waals surface area (Å²) >= 11 is 0. The molecule has 3 amide bonds. The second-order valence-electron chi connectivity index (χ2n) is 8.70. The third-order valence-corrected chi connectivity index (χ3v) is 4.92. The summed E-state index contributed by atoms with van der Waals surface area (Å²) in [5.41, 5.74) is 0.0986. The van der Waals surface area contributed by atoms with Gasteiger partial charge in [-0.3, -0.25) is 19.2 Å². The highest BCUT2D eigenvalue weighted by molar-refractivity contribution is 6.32. The number of carbonyl (C=O) groups is 5. The minimum Gasteiger partial charge on any atom is -0.462 e. The second-order valence-corrected chi connectivity index (χ2v) is 8.70. The third kappa shape index (κ3) is 7.89. The maximum Gasteiger partial charge on any atom is 0.396 e. The first-order valence-corrected chi connectivity index (χ1v) is 10.7. The van der Waals surface area contributed by atoms with Gasteiger partial charge in [-0.1, -0.05) is 30.3 Å². The summed E-state index contributed by atoms with van der Waals surface area (Å²) in [5.74, 6) is -3.68. The molecule has 2 rings (SSSR count). The smallest absolute Gasteiger partial charge is 0.396 e. The van der Waals surface area contributed by atoms with Crippen LogP contribution in [0, 0.1) is 0 Å². The van der Waals surface area contributed by atoms with Gasteiger partial charge in [0.05, 0.1) is 7.11 Å². The van der Waals surface area contributed by atoms with Crippen molar-refractivity contribution in [2.75, 3.05) is 20.2 Å². The largest absolute Gasteiger partial charge is 0.462 e. The molecule has 0 bridgehead atoms. The van der Waals surface area contributed by atoms with Crippen molar-refractivity contribution >= 4 is 29.7 Å². The van der Waals surface area contributed by atoms with E-state index in [9.17, 15) is 24.0 Å². The van der Waals surface area contributed by atoms with Crippen LogP contribution in [-0.4, -0.2) is 72.4 Å². The summed E-state index contributed by atoms with van der Waals surface area (Å²) in [5, 5.41) is 5.17. The zero-order valence-electron chi connectivity index (χ0n) is 19.4. The fraction of sp³-hybridized carbons (Fsp3) is 0.522. The van der Waals surface area contributed by atoms with Crippen molar-refractivity contribution in [3.05, 3.63) is 35.9 Å². The van der Waals surface area contributed by atoms with Crippen molar-refractivity contribution in [3.63, 3.8) is 0 Å². The number of hydrogen-bond acceptors (Lipinski definition) is 7. The molecular formula is C23H31N3O7. The van der Waals surface area contributed by atoms with E-state index in [1.807, 2.05) is 18.2 Å². The number of rotatable bonds is 7. The highest BCUT2D eigenvalue weighted by atomic mass is 16.6. The summed E-state index contributed by atoms with van der Waals surface area (Å²) in [7, 11) is 1.09. The van der Waals surface area contributed by atoms with E-state index in [2.05, 4.69) is 15.4 Å². The zero-order valence-corrected chi connectivity index (χ0v) is 19.4. The lowest BCUT2D eigenvalue weighted by atomic mass is 10.0. The molecule has 1 fully saturated rings. The molecule has 0 aliphatic carbocycles. The van der Waals surface area contributed by atoms with Crippen LogP contribution < -0.4 is 10.6 Å². The molecule has 0 radical (unpaired) electrons. The Morgan fingerprint density at radius 3 is 2.39 bits per heavy atom. The molecule has 1 saturated heterocycles. The normalized spacial score (nSPS) is 16.5. The van der Waals surface area contributed by atoms with Gasteiger partial charge < -0.3 is 25.0 Å². The average molecular weight is 462 g/mol. The van der Waals surface area contributed by atoms with Crippen LogP contribution >= 0.6 is 0 Å². The van der Waals surface area contributed by atoms with E-state index in [0.717, 1.165) is 17.6 Å². The van der Waals surface area contributed by atoms with Crippen LogP contribution in [0.3, 0.4) is 0 Å². The van der Waals surface area contributed by atoms with E-state index in [1.165, 1.54) is 0 Å². The van der Waals surface area contributed by atoms with Crippen LogP contribution in [0.1, 0.15) is 39.2 Å². The Morgan fingerprint density at radius 2 is 1.79 bits per heavy atom. The van der Waals surface area contributed by atoms with E-state index in [-0.39, 0.29) is 19.5 Å². The van der Waals surface area contributed by atoms with E-state index in [0.29, 0.717) is 12.8 Å². The van der Waals surface area contributed by atoms with Gasteiger partial charge in [-0.15, -0.1) is 0 Å². The lowest BCUT2D eigenvalue weighted by molar-refractivity contribution is -0.159. The molecule has 1 aromatic carbocycles. The number of esters is 2. The molecule has 2 N–H and O–H groups in total. The fourth-order valence-corrected chi connectivity index (χ4v) is 3.47. The highest BCUT2D eigenvalue weighted by Crippen LogP contribution is 2.18. The number of amides is 3. The molecule has 0 spiro atoms. The Bertz CT molecular complexity index is 880. The summed E-state index contributed by atoms with van der Waals surface area (Å²) in [6.07, 6.45) is 1.06. The minimum atomic E-state index is -1.05. The maximum atomic E-state index is 13.0. The monoisotopic (exact) mass is 461 g/mol. The number of hydrogen-bond donors (Lipinski definition) is 2. The first-order valence-electron chi connectivity index (χ1n) is 10.7. The Kier molecular flexibility index (Phi) is 8.95. The van der Waals surface area contributed by atoms with Crippen LogP contribution in [-0.2, 0) is 39.9 Å². The second kappa shape index (κ2) is 11.4. The number of ether oxygens (including phenoxy) is 2. The SMILES string of the molecule is COC(=O)C(=O)N1CCC[C@H]1C(=O)N[C@H](Cc1ccccc1)C(=O)NCC(=O)OC(C)(C)C. The van der Waals surface area contributed by atoms with E-state index >= 15 is 0 Å². The molecule has 0 aromatic heterocycles. The quantitative estimate of drug-likeness (QED) is 0.442. The molecule has 1 aliphatic rings. The predicted octanol–water partition coefficient (Wildman–Crippen LogP) is 0.336. The van der Waals surface area contributed by atoms with Gasteiger partial charge in [-0.2, -0.15) is 0 Å². The van der Waals surface area contributed by atoms with Crippen LogP contribution in [0.2, 0.25) is 0 Å². The summed E-state index contributed by atoms with van der Waals surface area (Å²) in [4.78, 5) is 62.8. The van der Waals surface area contributed by atoms with Gasteiger partial charge in [0, 0.05) is 13.0 Å². The van der Waals surface area contributed by atoms with E-state index in [1.54, 1.807) is 32.9 Å². The Morgan fingerprint density at radius 1 is 1.12 bits per heavy atom. The molecule has 0 unspecified atom stereocenters. The third-order valence-electron chi connectivity index (χ3n) is 4.92. The number of methoxy groups -OCH3 is 1. The fourth-order valence-electron chi connectivity index (χ4n) is 3.47. The molecule has 1 aliphatic heterocycles. The molecule has 0 saturated carbocycles. The first kappa shape index (κ1) is 25.8. The molecule has 10 heteroatoms. The number of nitrogens with zero attached hydrogens (tertiary/aromatic N) is 1. The zero-order chi connectivity index (χ0) is 24.6. The van der Waals surface area contributed by atoms with Gasteiger partial charge in [0.15, 0.2) is 0 Å². The molecule has 180 valence electrons. The highest BCUT2D eigenvalue weighted by Gasteiger charge is 2.38. The summed E-state index contributed by atoms with van der Waals surface area (Å²) in [6.45, 7) is 5.03. The van der Waals surface area contributed by atoms with Gasteiger partial charge in [0.2, 0.25) is 11.8 Å². The molecular weight excluding hydrogens is 430 g/mol. The standard InChI is InChI=1S/C23H31N3O7/c1-23(2,3)33-18(27)14-24-19(28)16(13-15-9-6-5-7-10-15)25-20(29)17-11-8-12-26(17)21(30)22(31)32-4/h5-7,9-10,16-17H,8,11-14H2,1-4H3,(H,24,28)(H,25,29)/t16-,17+/m1/s1. The first-order chi connectivity index (χ1) is 15.5. The van der Waals surface area contributed by atoms with Gasteiger partial charge in [-0.25, -0.2) is 4.79 Å². The average Bonchev–Trinajstić information content (AvgIpc) is 3.25. The molecule has 10 nitrogen and oxygen atoms in total. The number of nitrogens with one attached hydrogen (secondary N) is 2. The van der Waals surface area contributed by atoms with Gasteiger partial charge in [0.25, 0.3) is 0 Å². The lowest BCUT2D eigenvalue weighted by Crippen LogP contribution is -2.55. The number of benzene rings is 1. The molecule has 1 heterocycles. The van der Waals surface area contributed by atoms with Crippen LogP contribution in [0.15, 0.2) is 30.3 Å². The summed E-state index contributed by atoms with van der Waals surface area (Å²) in [6, 6.07) is 7.16. The Balaban J connectivity index is 2.10. The van der Waals surface area contributed by atoms with Crippen molar-refractivity contribution in [3.8, 4) is 0 Å². The van der Waals surface area contributed by atoms with Gasteiger partial charge in [-0.05, 0) is 39.2 Å². The number of carbonyl (C=O) groups excluding carboxylic acids is 5. The van der Waals surface area contributed by atoms with Crippen molar-refractivity contribution in [1.29, 1.82) is 0 Å². The van der Waals surface area contributed by atoms with Crippen LogP contribution in [0.4, 0.5) is 0 Å². The van der Waals surface area contributed by atoms with Crippen LogP contribution in [0.5, 0.6) is 0 Å². The lowest BCUT2D eigenvalue weighted by Gasteiger charge is -2.26. The van der Waals surface area contributed by atoms with Crippen molar-refractivity contribution in [2.24, 2.45) is 0 Å². The van der Waals surface area contributed by atoms with Crippen molar-refractivity contribution < 1.29 is 33.4 Å². The summed E-state index contributed by atoms with van der Waals surface area (Å²) < 4.78 is 9.66. The Hall–Kier alpha value is -3.43. The molecule has 1 aromatic rings. The van der Waals surface area contributed by atoms with E-state index in [4.69, 9.17) is 4.74 Å².